The lowest BCUT2D eigenvalue weighted by Crippen LogP contribution is -2.29. The molecule has 9 nitrogen and oxygen atoms in total. The molecule has 0 spiro atoms. The van der Waals surface area contributed by atoms with Gasteiger partial charge in [-0.1, -0.05) is 147 Å². The summed E-state index contributed by atoms with van der Waals surface area (Å²) in [5.74, 6) is -0.813. The molecule has 2 atom stereocenters. The van der Waals surface area contributed by atoms with Gasteiger partial charge in [0.2, 0.25) is 0 Å². The maximum atomic E-state index is 12.6. The van der Waals surface area contributed by atoms with Gasteiger partial charge in [-0.05, 0) is 71.9 Å². The molecule has 0 saturated carbocycles. The third kappa shape index (κ3) is 40.0. The number of likely N-dealkylation sites (N-methyl/N-ethyl adjacent to an activating group) is 1. The lowest BCUT2D eigenvalue weighted by molar-refractivity contribution is -0.161. The van der Waals surface area contributed by atoms with Crippen molar-refractivity contribution in [2.75, 3.05) is 40.5 Å². The normalized spacial score (nSPS) is 13.6. The molecule has 0 aromatic rings. The van der Waals surface area contributed by atoms with Crippen molar-refractivity contribution in [3.8, 4) is 0 Å². The van der Waals surface area contributed by atoms with Gasteiger partial charge in [-0.25, -0.2) is 4.57 Å². The quantitative estimate of drug-likeness (QED) is 0.0281. The summed E-state index contributed by atoms with van der Waals surface area (Å²) in [6.07, 6.45) is 39.4. The van der Waals surface area contributed by atoms with E-state index in [1.807, 2.05) is 19.0 Å². The largest absolute Gasteiger partial charge is 0.472 e. The van der Waals surface area contributed by atoms with Crippen LogP contribution in [-0.2, 0) is 32.7 Å². The van der Waals surface area contributed by atoms with Crippen molar-refractivity contribution >= 4 is 19.8 Å². The fourth-order valence-electron chi connectivity index (χ4n) is 5.84. The standard InChI is InChI=1S/C43H82NO8P/c1-5-7-9-11-13-15-17-18-19-20-21-22-23-24-26-28-30-32-34-36-43(46)52-41(40-51-53(47,48)50-38-37-44(3)4)39-49-42(45)35-33-31-29-27-25-16-14-12-10-8-6-2/h12,14,18-19,41H,5-11,13,15-17,20-40H2,1-4H3,(H,47,48)/b14-12-,19-18-. The molecule has 0 radical (unpaired) electrons. The number of esters is 2. The number of unbranched alkanes of at least 4 members (excludes halogenated alkanes) is 22. The second-order valence-corrected chi connectivity index (χ2v) is 16.3. The zero-order valence-electron chi connectivity index (χ0n) is 34.7. The van der Waals surface area contributed by atoms with E-state index in [4.69, 9.17) is 18.5 Å². The minimum Gasteiger partial charge on any atom is -0.462 e. The molecule has 312 valence electrons. The first-order chi connectivity index (χ1) is 25.7. The minimum atomic E-state index is -4.36. The van der Waals surface area contributed by atoms with Crippen molar-refractivity contribution in [3.05, 3.63) is 24.3 Å². The lowest BCUT2D eigenvalue weighted by atomic mass is 10.1. The number of rotatable bonds is 40. The van der Waals surface area contributed by atoms with Crippen LogP contribution in [0.15, 0.2) is 24.3 Å². The molecule has 0 saturated heterocycles. The van der Waals surface area contributed by atoms with Crippen LogP contribution < -0.4 is 0 Å². The molecule has 2 unspecified atom stereocenters. The van der Waals surface area contributed by atoms with Crippen LogP contribution in [0.4, 0.5) is 0 Å². The highest BCUT2D eigenvalue weighted by molar-refractivity contribution is 7.47. The lowest BCUT2D eigenvalue weighted by Gasteiger charge is -2.20. The van der Waals surface area contributed by atoms with Gasteiger partial charge in [-0.15, -0.1) is 0 Å². The molecule has 0 aliphatic carbocycles. The molecule has 53 heavy (non-hydrogen) atoms. The number of phosphoric ester groups is 1. The van der Waals surface area contributed by atoms with Crippen molar-refractivity contribution in [2.45, 2.75) is 200 Å². The maximum Gasteiger partial charge on any atom is 0.472 e. The smallest absolute Gasteiger partial charge is 0.462 e. The third-order valence-electron chi connectivity index (χ3n) is 9.23. The predicted octanol–water partition coefficient (Wildman–Crippen LogP) is 12.2. The molecular weight excluding hydrogens is 689 g/mol. The van der Waals surface area contributed by atoms with Crippen LogP contribution in [0.5, 0.6) is 0 Å². The Bertz CT molecular complexity index is 941. The molecule has 0 aromatic heterocycles. The molecule has 0 aliphatic rings. The van der Waals surface area contributed by atoms with Crippen LogP contribution in [0.2, 0.25) is 0 Å². The first-order valence-electron chi connectivity index (χ1n) is 21.6. The van der Waals surface area contributed by atoms with Crippen molar-refractivity contribution in [1.82, 2.24) is 4.90 Å². The molecular formula is C43H82NO8P. The summed E-state index contributed by atoms with van der Waals surface area (Å²) in [5, 5.41) is 0. The maximum absolute atomic E-state index is 12.6. The van der Waals surface area contributed by atoms with Crippen LogP contribution in [0, 0.1) is 0 Å². The average Bonchev–Trinajstić information content (AvgIpc) is 3.12. The Morgan fingerprint density at radius 2 is 0.981 bits per heavy atom. The number of phosphoric acid groups is 1. The Kier molecular flexibility index (Phi) is 37.6. The van der Waals surface area contributed by atoms with Gasteiger partial charge in [0.15, 0.2) is 6.10 Å². The molecule has 0 amide bonds. The molecule has 0 heterocycles. The number of carbonyl (C=O) groups excluding carboxylic acids is 2. The Balaban J connectivity index is 4.25. The van der Waals surface area contributed by atoms with Gasteiger partial charge in [0.05, 0.1) is 13.2 Å². The zero-order valence-corrected chi connectivity index (χ0v) is 35.6. The van der Waals surface area contributed by atoms with Crippen LogP contribution in [0.3, 0.4) is 0 Å². The van der Waals surface area contributed by atoms with Gasteiger partial charge in [0, 0.05) is 19.4 Å². The van der Waals surface area contributed by atoms with Crippen molar-refractivity contribution in [1.29, 1.82) is 0 Å². The Morgan fingerprint density at radius 3 is 1.45 bits per heavy atom. The van der Waals surface area contributed by atoms with E-state index in [0.717, 1.165) is 64.2 Å². The highest BCUT2D eigenvalue weighted by Crippen LogP contribution is 2.43. The average molecular weight is 772 g/mol. The summed E-state index contributed by atoms with van der Waals surface area (Å²) in [7, 11) is -0.712. The number of hydrogen-bond donors (Lipinski definition) is 1. The van der Waals surface area contributed by atoms with Crippen LogP contribution in [0.25, 0.3) is 0 Å². The Morgan fingerprint density at radius 1 is 0.566 bits per heavy atom. The van der Waals surface area contributed by atoms with E-state index in [-0.39, 0.29) is 32.0 Å². The van der Waals surface area contributed by atoms with Crippen LogP contribution >= 0.6 is 7.82 Å². The number of nitrogens with zero attached hydrogens (tertiary/aromatic N) is 1. The summed E-state index contributed by atoms with van der Waals surface area (Å²) < 4.78 is 33.4. The van der Waals surface area contributed by atoms with E-state index in [1.54, 1.807) is 0 Å². The van der Waals surface area contributed by atoms with Gasteiger partial charge >= 0.3 is 19.8 Å². The third-order valence-corrected chi connectivity index (χ3v) is 10.2. The van der Waals surface area contributed by atoms with Crippen molar-refractivity contribution < 1.29 is 37.6 Å². The summed E-state index contributed by atoms with van der Waals surface area (Å²) in [6.45, 7) is 4.27. The first kappa shape index (κ1) is 51.5. The molecule has 10 heteroatoms. The first-order valence-corrected chi connectivity index (χ1v) is 23.1. The topological polar surface area (TPSA) is 112 Å². The fraction of sp³-hybridized carbons (Fsp3) is 0.860. The summed E-state index contributed by atoms with van der Waals surface area (Å²) in [6, 6.07) is 0. The van der Waals surface area contributed by atoms with Gasteiger partial charge in [-0.2, -0.15) is 0 Å². The summed E-state index contributed by atoms with van der Waals surface area (Å²) >= 11 is 0. The number of ether oxygens (including phenoxy) is 2. The number of allylic oxidation sites excluding steroid dienone is 4. The second-order valence-electron chi connectivity index (χ2n) is 14.9. The number of hydrogen-bond acceptors (Lipinski definition) is 8. The molecule has 0 aliphatic heterocycles. The molecule has 0 aromatic carbocycles. The van der Waals surface area contributed by atoms with Gasteiger partial charge in [-0.3, -0.25) is 18.6 Å². The summed E-state index contributed by atoms with van der Waals surface area (Å²) in [4.78, 5) is 36.9. The van der Waals surface area contributed by atoms with Gasteiger partial charge < -0.3 is 19.3 Å². The van der Waals surface area contributed by atoms with Crippen molar-refractivity contribution in [3.63, 3.8) is 0 Å². The predicted molar refractivity (Wildman–Crippen MR) is 220 cm³/mol. The zero-order chi connectivity index (χ0) is 39.1. The molecule has 0 fully saturated rings. The van der Waals surface area contributed by atoms with E-state index in [0.29, 0.717) is 13.0 Å². The van der Waals surface area contributed by atoms with Crippen molar-refractivity contribution in [2.24, 2.45) is 0 Å². The Labute approximate surface area is 326 Å². The van der Waals surface area contributed by atoms with E-state index in [9.17, 15) is 19.0 Å². The Hall–Kier alpha value is -1.51. The number of carbonyl (C=O) groups is 2. The monoisotopic (exact) mass is 772 g/mol. The molecule has 0 bridgehead atoms. The van der Waals surface area contributed by atoms with Gasteiger partial charge in [0.25, 0.3) is 0 Å². The minimum absolute atomic E-state index is 0.00682. The molecule has 0 rings (SSSR count). The fourth-order valence-corrected chi connectivity index (χ4v) is 6.58. The van der Waals surface area contributed by atoms with Crippen LogP contribution in [0.1, 0.15) is 194 Å². The van der Waals surface area contributed by atoms with E-state index in [2.05, 4.69) is 38.2 Å². The second kappa shape index (κ2) is 38.8. The highest BCUT2D eigenvalue weighted by Gasteiger charge is 2.26. The van der Waals surface area contributed by atoms with E-state index >= 15 is 0 Å². The van der Waals surface area contributed by atoms with Gasteiger partial charge in [0.1, 0.15) is 6.61 Å². The highest BCUT2D eigenvalue weighted by atomic mass is 31.2. The van der Waals surface area contributed by atoms with E-state index in [1.165, 1.54) is 96.3 Å². The summed E-state index contributed by atoms with van der Waals surface area (Å²) in [5.41, 5.74) is 0. The SMILES string of the molecule is CCCC/C=C\CCCCCCCC(=O)OCC(COP(=O)(O)OCCN(C)C)OC(=O)CCCCCCCCCCC/C=C\CCCCCCCC. The van der Waals surface area contributed by atoms with Crippen LogP contribution in [-0.4, -0.2) is 68.3 Å². The van der Waals surface area contributed by atoms with E-state index < -0.39 is 26.5 Å². The molecule has 1 N–H and O–H groups in total.